The fraction of sp³-hybridized carbons (Fsp3) is 0.0500. The minimum absolute atomic E-state index is 0.740. The zero-order valence-corrected chi connectivity index (χ0v) is 13.1. The van der Waals surface area contributed by atoms with Crippen molar-refractivity contribution in [3.05, 3.63) is 88.9 Å². The molecule has 0 saturated carbocycles. The number of hydrogen-bond donors (Lipinski definition) is 0. The van der Waals surface area contributed by atoms with Gasteiger partial charge in [0.2, 0.25) is 0 Å². The summed E-state index contributed by atoms with van der Waals surface area (Å²) in [6, 6.07) is 24.5. The monoisotopic (exact) mass is 305 g/mol. The second-order valence-electron chi connectivity index (χ2n) is 5.18. The Morgan fingerprint density at radius 3 is 2.18 bits per heavy atom. The molecular weight excluding hydrogens is 290 g/mol. The number of benzene rings is 3. The van der Waals surface area contributed by atoms with Crippen molar-refractivity contribution in [2.24, 2.45) is 4.99 Å². The highest BCUT2D eigenvalue weighted by Gasteiger charge is 1.98. The zero-order valence-electron chi connectivity index (χ0n) is 12.3. The summed E-state index contributed by atoms with van der Waals surface area (Å²) in [4.78, 5) is 4.54. The van der Waals surface area contributed by atoms with Crippen LogP contribution in [0.2, 0.25) is 5.02 Å². The topological polar surface area (TPSA) is 12.4 Å². The molecule has 0 bridgehead atoms. The number of aryl methyl sites for hydroxylation is 1. The third kappa shape index (κ3) is 3.44. The van der Waals surface area contributed by atoms with E-state index in [0.29, 0.717) is 0 Å². The molecule has 0 fully saturated rings. The fourth-order valence-electron chi connectivity index (χ4n) is 2.30. The Kier molecular flexibility index (Phi) is 4.36. The highest BCUT2D eigenvalue weighted by Crippen LogP contribution is 2.23. The smallest absolute Gasteiger partial charge is 0.0660 e. The molecule has 3 aromatic rings. The van der Waals surface area contributed by atoms with Crippen LogP contribution in [-0.4, -0.2) is 6.21 Å². The molecular formula is C20H16ClN. The van der Waals surface area contributed by atoms with Gasteiger partial charge in [-0.05, 0) is 47.4 Å². The van der Waals surface area contributed by atoms with Crippen LogP contribution in [0.3, 0.4) is 0 Å². The lowest BCUT2D eigenvalue weighted by Gasteiger charge is -2.02. The van der Waals surface area contributed by atoms with E-state index in [1.165, 1.54) is 11.1 Å². The third-order valence-electron chi connectivity index (χ3n) is 3.53. The molecule has 0 saturated heterocycles. The van der Waals surface area contributed by atoms with Gasteiger partial charge in [0.05, 0.1) is 5.69 Å². The Labute approximate surface area is 135 Å². The van der Waals surface area contributed by atoms with Gasteiger partial charge in [0.25, 0.3) is 0 Å². The van der Waals surface area contributed by atoms with Crippen LogP contribution in [0.15, 0.2) is 77.8 Å². The molecule has 0 aliphatic rings. The van der Waals surface area contributed by atoms with Crippen LogP contribution in [0.25, 0.3) is 11.1 Å². The van der Waals surface area contributed by atoms with Gasteiger partial charge in [-0.25, -0.2) is 0 Å². The SMILES string of the molecule is Cc1cc(Cl)ccc1/N=C/c1ccc(-c2ccccc2)cc1. The Bertz CT molecular complexity index is 790. The Hall–Kier alpha value is -2.38. The largest absolute Gasteiger partial charge is 0.256 e. The minimum atomic E-state index is 0.740. The van der Waals surface area contributed by atoms with E-state index < -0.39 is 0 Å². The van der Waals surface area contributed by atoms with Gasteiger partial charge in [-0.15, -0.1) is 0 Å². The van der Waals surface area contributed by atoms with E-state index in [1.807, 2.05) is 49.5 Å². The predicted octanol–water partition coefficient (Wildman–Crippen LogP) is 6.07. The van der Waals surface area contributed by atoms with Crippen LogP contribution in [0, 0.1) is 6.92 Å². The predicted molar refractivity (Wildman–Crippen MR) is 95.3 cm³/mol. The highest BCUT2D eigenvalue weighted by molar-refractivity contribution is 6.30. The maximum absolute atomic E-state index is 5.96. The molecule has 3 aromatic carbocycles. The Morgan fingerprint density at radius 1 is 0.818 bits per heavy atom. The quantitative estimate of drug-likeness (QED) is 0.521. The van der Waals surface area contributed by atoms with Crippen LogP contribution < -0.4 is 0 Å². The molecule has 0 aliphatic heterocycles. The van der Waals surface area contributed by atoms with E-state index in [9.17, 15) is 0 Å². The van der Waals surface area contributed by atoms with Crippen LogP contribution in [0.4, 0.5) is 5.69 Å². The van der Waals surface area contributed by atoms with Gasteiger partial charge in [-0.3, -0.25) is 4.99 Å². The van der Waals surface area contributed by atoms with Crippen molar-refractivity contribution in [1.29, 1.82) is 0 Å². The van der Waals surface area contributed by atoms with Crippen molar-refractivity contribution in [2.75, 3.05) is 0 Å². The first kappa shape index (κ1) is 14.6. The second kappa shape index (κ2) is 6.59. The van der Waals surface area contributed by atoms with Gasteiger partial charge in [-0.2, -0.15) is 0 Å². The molecule has 0 aliphatic carbocycles. The molecule has 0 unspecified atom stereocenters. The number of nitrogens with zero attached hydrogens (tertiary/aromatic N) is 1. The first-order valence-electron chi connectivity index (χ1n) is 7.18. The molecule has 22 heavy (non-hydrogen) atoms. The van der Waals surface area contributed by atoms with E-state index >= 15 is 0 Å². The molecule has 0 atom stereocenters. The highest BCUT2D eigenvalue weighted by atomic mass is 35.5. The van der Waals surface area contributed by atoms with Crippen molar-refractivity contribution in [2.45, 2.75) is 6.92 Å². The summed E-state index contributed by atoms with van der Waals surface area (Å²) in [6.07, 6.45) is 1.88. The van der Waals surface area contributed by atoms with Crippen LogP contribution >= 0.6 is 11.6 Å². The van der Waals surface area contributed by atoms with Crippen LogP contribution in [-0.2, 0) is 0 Å². The Balaban J connectivity index is 1.80. The molecule has 1 nitrogen and oxygen atoms in total. The van der Waals surface area contributed by atoms with Crippen LogP contribution in [0.1, 0.15) is 11.1 Å². The van der Waals surface area contributed by atoms with Gasteiger partial charge in [-0.1, -0.05) is 66.2 Å². The Morgan fingerprint density at radius 2 is 1.50 bits per heavy atom. The van der Waals surface area contributed by atoms with E-state index in [4.69, 9.17) is 11.6 Å². The van der Waals surface area contributed by atoms with Gasteiger partial charge < -0.3 is 0 Å². The molecule has 0 aromatic heterocycles. The lowest BCUT2D eigenvalue weighted by molar-refractivity contribution is 1.40. The lowest BCUT2D eigenvalue weighted by atomic mass is 10.0. The summed E-state index contributed by atoms with van der Waals surface area (Å²) in [7, 11) is 0. The van der Waals surface area contributed by atoms with Gasteiger partial charge >= 0.3 is 0 Å². The summed E-state index contributed by atoms with van der Waals surface area (Å²) >= 11 is 5.96. The summed E-state index contributed by atoms with van der Waals surface area (Å²) in [5.41, 5.74) is 5.52. The first-order chi connectivity index (χ1) is 10.7. The van der Waals surface area contributed by atoms with Crippen molar-refractivity contribution >= 4 is 23.5 Å². The second-order valence-corrected chi connectivity index (χ2v) is 5.61. The fourth-order valence-corrected chi connectivity index (χ4v) is 2.53. The maximum Gasteiger partial charge on any atom is 0.0660 e. The van der Waals surface area contributed by atoms with E-state index in [-0.39, 0.29) is 0 Å². The van der Waals surface area contributed by atoms with Crippen molar-refractivity contribution in [1.82, 2.24) is 0 Å². The molecule has 0 radical (unpaired) electrons. The van der Waals surface area contributed by atoms with Crippen molar-refractivity contribution < 1.29 is 0 Å². The molecule has 0 heterocycles. The maximum atomic E-state index is 5.96. The standard InChI is InChI=1S/C20H16ClN/c1-15-13-19(21)11-12-20(15)22-14-16-7-9-18(10-8-16)17-5-3-2-4-6-17/h2-14H,1H3/b22-14+. The van der Waals surface area contributed by atoms with Crippen LogP contribution in [0.5, 0.6) is 0 Å². The molecule has 2 heteroatoms. The third-order valence-corrected chi connectivity index (χ3v) is 3.76. The lowest BCUT2D eigenvalue weighted by Crippen LogP contribution is -1.83. The van der Waals surface area contributed by atoms with Gasteiger partial charge in [0.15, 0.2) is 0 Å². The zero-order chi connectivity index (χ0) is 15.4. The van der Waals surface area contributed by atoms with E-state index in [0.717, 1.165) is 21.8 Å². The minimum Gasteiger partial charge on any atom is -0.256 e. The number of halogens is 1. The summed E-state index contributed by atoms with van der Waals surface area (Å²) in [6.45, 7) is 2.01. The van der Waals surface area contributed by atoms with Gasteiger partial charge in [0.1, 0.15) is 0 Å². The summed E-state index contributed by atoms with van der Waals surface area (Å²) < 4.78 is 0. The number of aliphatic imine (C=N–C) groups is 1. The molecule has 0 N–H and O–H groups in total. The molecule has 0 spiro atoms. The molecule has 3 rings (SSSR count). The first-order valence-corrected chi connectivity index (χ1v) is 7.56. The summed E-state index contributed by atoms with van der Waals surface area (Å²) in [5.74, 6) is 0. The number of hydrogen-bond acceptors (Lipinski definition) is 1. The van der Waals surface area contributed by atoms with Crippen molar-refractivity contribution in [3.8, 4) is 11.1 Å². The normalized spacial score (nSPS) is 11.0. The van der Waals surface area contributed by atoms with Gasteiger partial charge in [0, 0.05) is 11.2 Å². The van der Waals surface area contributed by atoms with E-state index in [1.54, 1.807) is 0 Å². The average Bonchev–Trinajstić information content (AvgIpc) is 2.55. The summed E-state index contributed by atoms with van der Waals surface area (Å²) in [5, 5.41) is 0.740. The molecule has 108 valence electrons. The van der Waals surface area contributed by atoms with E-state index in [2.05, 4.69) is 41.4 Å². The number of rotatable bonds is 3. The van der Waals surface area contributed by atoms with Crippen molar-refractivity contribution in [3.63, 3.8) is 0 Å². The average molecular weight is 306 g/mol. The molecule has 0 amide bonds.